The van der Waals surface area contributed by atoms with E-state index < -0.39 is 0 Å². The average Bonchev–Trinajstić information content (AvgIpc) is 2.73. The minimum absolute atomic E-state index is 0.0108. The van der Waals surface area contributed by atoms with Gasteiger partial charge in [0.1, 0.15) is 0 Å². The molecule has 0 aliphatic carbocycles. The van der Waals surface area contributed by atoms with Gasteiger partial charge in [-0.15, -0.1) is 0 Å². The van der Waals surface area contributed by atoms with Crippen molar-refractivity contribution in [3.63, 3.8) is 0 Å². The van der Waals surface area contributed by atoms with Gasteiger partial charge in [-0.25, -0.2) is 0 Å². The van der Waals surface area contributed by atoms with Gasteiger partial charge in [0.15, 0.2) is 0 Å². The molecule has 2 saturated heterocycles. The fourth-order valence-electron chi connectivity index (χ4n) is 3.43. The van der Waals surface area contributed by atoms with E-state index in [4.69, 9.17) is 16.3 Å². The Balaban J connectivity index is 1.62. The Morgan fingerprint density at radius 3 is 3.00 bits per heavy atom. The van der Waals surface area contributed by atoms with Gasteiger partial charge in [0.05, 0.1) is 18.1 Å². The van der Waals surface area contributed by atoms with E-state index in [1.54, 1.807) is 0 Å². The van der Waals surface area contributed by atoms with Gasteiger partial charge in [-0.1, -0.05) is 23.7 Å². The van der Waals surface area contributed by atoms with E-state index in [1.165, 1.54) is 5.56 Å². The standard InChI is InChI=1S/C17H23ClN2O2/c1-11(2)19-17(21)15-7-14-9-20(10-16(15)22-14)8-12-4-3-5-13(18)6-12/h3-6,11,14-16H,7-10H2,1-2H3,(H,19,21)/t14-,15+,16-/m0/s1. The number of likely N-dealkylation sites (tertiary alicyclic amines) is 1. The fraction of sp³-hybridized carbons (Fsp3) is 0.588. The summed E-state index contributed by atoms with van der Waals surface area (Å²) in [6.07, 6.45) is 1.01. The number of nitrogens with zero attached hydrogens (tertiary/aromatic N) is 1. The topological polar surface area (TPSA) is 41.6 Å². The van der Waals surface area contributed by atoms with Crippen molar-refractivity contribution in [2.45, 2.75) is 45.1 Å². The van der Waals surface area contributed by atoms with Crippen molar-refractivity contribution in [1.29, 1.82) is 0 Å². The third-order valence-corrected chi connectivity index (χ3v) is 4.53. The van der Waals surface area contributed by atoms with Crippen molar-refractivity contribution in [2.75, 3.05) is 13.1 Å². The zero-order valence-electron chi connectivity index (χ0n) is 13.1. The molecule has 2 bridgehead atoms. The Labute approximate surface area is 136 Å². The smallest absolute Gasteiger partial charge is 0.226 e. The SMILES string of the molecule is CC(C)NC(=O)[C@@H]1C[C@H]2CN(Cc3cccc(Cl)c3)C[C@@H]1O2. The number of fused-ring (bicyclic) bond motifs is 2. The van der Waals surface area contributed by atoms with E-state index in [9.17, 15) is 4.79 Å². The molecule has 2 aliphatic heterocycles. The van der Waals surface area contributed by atoms with Crippen LogP contribution in [0.1, 0.15) is 25.8 Å². The fourth-order valence-corrected chi connectivity index (χ4v) is 3.64. The van der Waals surface area contributed by atoms with Crippen LogP contribution in [0.15, 0.2) is 24.3 Å². The highest BCUT2D eigenvalue weighted by Crippen LogP contribution is 2.32. The molecule has 1 N–H and O–H groups in total. The highest BCUT2D eigenvalue weighted by atomic mass is 35.5. The van der Waals surface area contributed by atoms with Crippen LogP contribution in [0.2, 0.25) is 5.02 Å². The second-order valence-electron chi connectivity index (χ2n) is 6.63. The summed E-state index contributed by atoms with van der Waals surface area (Å²) in [6, 6.07) is 8.13. The number of benzene rings is 1. The van der Waals surface area contributed by atoms with Gasteiger partial charge >= 0.3 is 0 Å². The van der Waals surface area contributed by atoms with Crippen LogP contribution in [0.4, 0.5) is 0 Å². The Morgan fingerprint density at radius 1 is 1.45 bits per heavy atom. The third-order valence-electron chi connectivity index (χ3n) is 4.30. The monoisotopic (exact) mass is 322 g/mol. The predicted octanol–water partition coefficient (Wildman–Crippen LogP) is 2.45. The van der Waals surface area contributed by atoms with Crippen LogP contribution in [0.3, 0.4) is 0 Å². The molecule has 0 unspecified atom stereocenters. The van der Waals surface area contributed by atoms with Crippen LogP contribution < -0.4 is 5.32 Å². The van der Waals surface area contributed by atoms with Gasteiger partial charge in [0.2, 0.25) is 5.91 Å². The molecule has 0 saturated carbocycles. The molecule has 1 amide bonds. The minimum Gasteiger partial charge on any atom is -0.371 e. The van der Waals surface area contributed by atoms with Crippen molar-refractivity contribution in [3.05, 3.63) is 34.9 Å². The number of morpholine rings is 1. The predicted molar refractivity (Wildman–Crippen MR) is 86.8 cm³/mol. The molecule has 2 heterocycles. The number of rotatable bonds is 4. The van der Waals surface area contributed by atoms with Crippen LogP contribution in [0.5, 0.6) is 0 Å². The molecule has 2 aliphatic rings. The first-order chi connectivity index (χ1) is 10.5. The van der Waals surface area contributed by atoms with Crippen LogP contribution in [-0.2, 0) is 16.1 Å². The van der Waals surface area contributed by atoms with E-state index in [0.29, 0.717) is 0 Å². The summed E-state index contributed by atoms with van der Waals surface area (Å²) in [5.74, 6) is 0.115. The van der Waals surface area contributed by atoms with Crippen LogP contribution >= 0.6 is 11.6 Å². The number of amides is 1. The highest BCUT2D eigenvalue weighted by molar-refractivity contribution is 6.30. The lowest BCUT2D eigenvalue weighted by Crippen LogP contribution is -2.45. The largest absolute Gasteiger partial charge is 0.371 e. The number of halogens is 1. The number of ether oxygens (including phenoxy) is 1. The third kappa shape index (κ3) is 3.62. The number of carbonyl (C=O) groups excluding carboxylic acids is 1. The number of hydrogen-bond acceptors (Lipinski definition) is 3. The molecule has 2 fully saturated rings. The van der Waals surface area contributed by atoms with Gasteiger partial charge in [0, 0.05) is 30.7 Å². The summed E-state index contributed by atoms with van der Waals surface area (Å²) >= 11 is 6.05. The molecular weight excluding hydrogens is 300 g/mol. The molecule has 4 nitrogen and oxygen atoms in total. The Bertz CT molecular complexity index is 549. The summed E-state index contributed by atoms with van der Waals surface area (Å²) in [7, 11) is 0. The van der Waals surface area contributed by atoms with E-state index in [0.717, 1.165) is 31.1 Å². The molecule has 0 radical (unpaired) electrons. The molecule has 3 rings (SSSR count). The summed E-state index contributed by atoms with van der Waals surface area (Å²) in [5, 5.41) is 3.78. The van der Waals surface area contributed by atoms with Crippen molar-refractivity contribution in [2.24, 2.45) is 5.92 Å². The van der Waals surface area contributed by atoms with Crippen molar-refractivity contribution < 1.29 is 9.53 Å². The highest BCUT2D eigenvalue weighted by Gasteiger charge is 2.44. The van der Waals surface area contributed by atoms with E-state index in [2.05, 4.69) is 16.3 Å². The van der Waals surface area contributed by atoms with Crippen molar-refractivity contribution in [1.82, 2.24) is 10.2 Å². The number of carbonyl (C=O) groups is 1. The maximum absolute atomic E-state index is 12.3. The maximum atomic E-state index is 12.3. The van der Waals surface area contributed by atoms with Crippen molar-refractivity contribution >= 4 is 17.5 Å². The molecule has 5 heteroatoms. The molecule has 3 atom stereocenters. The lowest BCUT2D eigenvalue weighted by molar-refractivity contribution is -0.128. The molecule has 1 aromatic carbocycles. The average molecular weight is 323 g/mol. The lowest BCUT2D eigenvalue weighted by atomic mass is 9.99. The molecule has 0 spiro atoms. The summed E-state index contributed by atoms with van der Waals surface area (Å²) in [4.78, 5) is 14.6. The first-order valence-corrected chi connectivity index (χ1v) is 8.31. The van der Waals surface area contributed by atoms with Gasteiger partial charge in [-0.2, -0.15) is 0 Å². The van der Waals surface area contributed by atoms with Gasteiger partial charge in [-0.05, 0) is 38.0 Å². The maximum Gasteiger partial charge on any atom is 0.226 e. The Morgan fingerprint density at radius 2 is 2.27 bits per heavy atom. The van der Waals surface area contributed by atoms with E-state index >= 15 is 0 Å². The second kappa shape index (κ2) is 6.57. The van der Waals surface area contributed by atoms with Gasteiger partial charge < -0.3 is 10.1 Å². The second-order valence-corrected chi connectivity index (χ2v) is 7.06. The van der Waals surface area contributed by atoms with Crippen molar-refractivity contribution in [3.8, 4) is 0 Å². The summed E-state index contributed by atoms with van der Waals surface area (Å²) in [5.41, 5.74) is 1.21. The lowest BCUT2D eigenvalue weighted by Gasteiger charge is -2.32. The summed E-state index contributed by atoms with van der Waals surface area (Å²) < 4.78 is 5.98. The quantitative estimate of drug-likeness (QED) is 0.926. The molecular formula is C17H23ClN2O2. The first kappa shape index (κ1) is 15.8. The number of nitrogens with one attached hydrogen (secondary N) is 1. The summed E-state index contributed by atoms with van der Waals surface area (Å²) in [6.45, 7) is 6.53. The molecule has 22 heavy (non-hydrogen) atoms. The van der Waals surface area contributed by atoms with E-state index in [-0.39, 0.29) is 30.1 Å². The van der Waals surface area contributed by atoms with Crippen LogP contribution in [0.25, 0.3) is 0 Å². The molecule has 1 aromatic rings. The Kier molecular flexibility index (Phi) is 4.71. The van der Waals surface area contributed by atoms with Crippen LogP contribution in [0, 0.1) is 5.92 Å². The normalized spacial score (nSPS) is 28.1. The molecule has 120 valence electrons. The minimum atomic E-state index is -0.0169. The van der Waals surface area contributed by atoms with Crippen LogP contribution in [-0.4, -0.2) is 42.1 Å². The van der Waals surface area contributed by atoms with E-state index in [1.807, 2.05) is 32.0 Å². The zero-order valence-corrected chi connectivity index (χ0v) is 13.8. The number of hydrogen-bond donors (Lipinski definition) is 1. The first-order valence-electron chi connectivity index (χ1n) is 7.94. The zero-order chi connectivity index (χ0) is 15.7. The molecule has 0 aromatic heterocycles. The van der Waals surface area contributed by atoms with Gasteiger partial charge in [-0.3, -0.25) is 9.69 Å². The van der Waals surface area contributed by atoms with Gasteiger partial charge in [0.25, 0.3) is 0 Å². The Hall–Kier alpha value is -1.10.